The molecule has 1 N–H and O–H groups in total. The monoisotopic (exact) mass is 437 g/mol. The van der Waals surface area contributed by atoms with Crippen molar-refractivity contribution in [1.82, 2.24) is 14.5 Å². The Morgan fingerprint density at radius 2 is 1.83 bits per heavy atom. The molecule has 1 amide bonds. The molecule has 1 aromatic rings. The van der Waals surface area contributed by atoms with E-state index in [0.717, 1.165) is 39.1 Å². The van der Waals surface area contributed by atoms with Crippen molar-refractivity contribution < 1.29 is 17.9 Å². The van der Waals surface area contributed by atoms with Gasteiger partial charge in [-0.2, -0.15) is 4.31 Å². The highest BCUT2D eigenvalue weighted by atomic mass is 32.2. The summed E-state index contributed by atoms with van der Waals surface area (Å²) in [5.74, 6) is 0.603. The fourth-order valence-corrected chi connectivity index (χ4v) is 5.89. The number of rotatable bonds is 7. The van der Waals surface area contributed by atoms with E-state index in [1.54, 1.807) is 28.6 Å². The second-order valence-corrected chi connectivity index (χ2v) is 10.7. The maximum atomic E-state index is 12.9. The molecule has 2 aliphatic rings. The van der Waals surface area contributed by atoms with Crippen LogP contribution < -0.4 is 5.32 Å². The first-order chi connectivity index (χ1) is 14.3. The van der Waals surface area contributed by atoms with E-state index in [-0.39, 0.29) is 16.8 Å². The van der Waals surface area contributed by atoms with Gasteiger partial charge < -0.3 is 10.1 Å². The molecule has 2 atom stereocenters. The highest BCUT2D eigenvalue weighted by molar-refractivity contribution is 7.89. The number of hydrogen-bond acceptors (Lipinski definition) is 5. The zero-order chi connectivity index (χ0) is 21.7. The molecule has 3 rings (SSSR count). The molecule has 0 radical (unpaired) electrons. The topological polar surface area (TPSA) is 79.0 Å². The normalized spacial score (nSPS) is 22.7. The van der Waals surface area contributed by atoms with Crippen molar-refractivity contribution in [3.63, 3.8) is 0 Å². The van der Waals surface area contributed by atoms with Crippen molar-refractivity contribution in [2.75, 3.05) is 45.9 Å². The zero-order valence-corrected chi connectivity index (χ0v) is 19.2. The first kappa shape index (κ1) is 23.2. The van der Waals surface area contributed by atoms with Crippen LogP contribution in [0.15, 0.2) is 29.2 Å². The standard InChI is InChI=1S/C22H35N3O4S/c1-17(2)21(24-11-13-29-14-12-24)15-23-22(26)19-6-8-20(9-7-19)30(27,28)25-10-4-5-18(3)16-25/h6-9,17-18,21H,4-5,10-16H2,1-3H3,(H,23,26)/t18-,21+/m0/s1. The van der Waals surface area contributed by atoms with Crippen LogP contribution in [0, 0.1) is 11.8 Å². The molecule has 0 aliphatic carbocycles. The van der Waals surface area contributed by atoms with Gasteiger partial charge in [-0.1, -0.05) is 20.8 Å². The number of benzene rings is 1. The lowest BCUT2D eigenvalue weighted by molar-refractivity contribution is 0.00672. The minimum absolute atomic E-state index is 0.176. The molecule has 168 valence electrons. The summed E-state index contributed by atoms with van der Waals surface area (Å²) in [5.41, 5.74) is 0.477. The minimum atomic E-state index is -3.51. The molecule has 0 saturated carbocycles. The van der Waals surface area contributed by atoms with E-state index in [4.69, 9.17) is 4.74 Å². The number of ether oxygens (including phenoxy) is 1. The molecule has 2 saturated heterocycles. The highest BCUT2D eigenvalue weighted by Gasteiger charge is 2.29. The van der Waals surface area contributed by atoms with Gasteiger partial charge >= 0.3 is 0 Å². The van der Waals surface area contributed by atoms with Gasteiger partial charge in [-0.25, -0.2) is 8.42 Å². The third-order valence-electron chi connectivity index (χ3n) is 6.13. The predicted molar refractivity (Wildman–Crippen MR) is 117 cm³/mol. The Balaban J connectivity index is 1.61. The highest BCUT2D eigenvalue weighted by Crippen LogP contribution is 2.23. The number of morpholine rings is 1. The SMILES string of the molecule is CC(C)[C@@H](CNC(=O)c1ccc(S(=O)(=O)N2CCC[C@H](C)C2)cc1)N1CCOCC1. The van der Waals surface area contributed by atoms with Gasteiger partial charge in [-0.05, 0) is 48.9 Å². The molecule has 0 bridgehead atoms. The Kier molecular flexibility index (Phi) is 7.90. The van der Waals surface area contributed by atoms with Gasteiger partial charge in [-0.15, -0.1) is 0 Å². The Bertz CT molecular complexity index is 804. The molecule has 8 heteroatoms. The Morgan fingerprint density at radius 1 is 1.17 bits per heavy atom. The molecule has 0 unspecified atom stereocenters. The quantitative estimate of drug-likeness (QED) is 0.707. The molecule has 30 heavy (non-hydrogen) atoms. The Labute approximate surface area is 180 Å². The molecular weight excluding hydrogens is 402 g/mol. The van der Waals surface area contributed by atoms with E-state index >= 15 is 0 Å². The van der Waals surface area contributed by atoms with Crippen LogP contribution in [0.2, 0.25) is 0 Å². The van der Waals surface area contributed by atoms with Crippen LogP contribution >= 0.6 is 0 Å². The van der Waals surface area contributed by atoms with E-state index in [9.17, 15) is 13.2 Å². The van der Waals surface area contributed by atoms with E-state index < -0.39 is 10.0 Å². The second-order valence-electron chi connectivity index (χ2n) is 8.80. The van der Waals surface area contributed by atoms with Gasteiger partial charge in [-0.3, -0.25) is 9.69 Å². The largest absolute Gasteiger partial charge is 0.379 e. The van der Waals surface area contributed by atoms with Crippen molar-refractivity contribution in [2.45, 2.75) is 44.6 Å². The molecule has 7 nitrogen and oxygen atoms in total. The van der Waals surface area contributed by atoms with Crippen LogP contribution in [0.5, 0.6) is 0 Å². The number of carbonyl (C=O) groups is 1. The van der Waals surface area contributed by atoms with Gasteiger partial charge in [0.2, 0.25) is 10.0 Å². The van der Waals surface area contributed by atoms with Gasteiger partial charge in [0, 0.05) is 44.3 Å². The average Bonchev–Trinajstić information content (AvgIpc) is 2.74. The van der Waals surface area contributed by atoms with Crippen molar-refractivity contribution in [3.05, 3.63) is 29.8 Å². The molecule has 2 aliphatic heterocycles. The molecule has 1 aromatic carbocycles. The fraction of sp³-hybridized carbons (Fsp3) is 0.682. The van der Waals surface area contributed by atoms with E-state index in [1.807, 2.05) is 0 Å². The first-order valence-corrected chi connectivity index (χ1v) is 12.4. The Hall–Kier alpha value is -1.48. The summed E-state index contributed by atoms with van der Waals surface area (Å²) in [6, 6.07) is 6.55. The summed E-state index contributed by atoms with van der Waals surface area (Å²) >= 11 is 0. The lowest BCUT2D eigenvalue weighted by atomic mass is 10.0. The first-order valence-electron chi connectivity index (χ1n) is 11.0. The summed E-state index contributed by atoms with van der Waals surface area (Å²) in [4.78, 5) is 15.3. The summed E-state index contributed by atoms with van der Waals surface area (Å²) in [6.45, 7) is 11.3. The lowest BCUT2D eigenvalue weighted by Gasteiger charge is -2.36. The van der Waals surface area contributed by atoms with Crippen LogP contribution in [-0.2, 0) is 14.8 Å². The number of amides is 1. The third-order valence-corrected chi connectivity index (χ3v) is 8.01. The van der Waals surface area contributed by atoms with E-state index in [1.165, 1.54) is 0 Å². The van der Waals surface area contributed by atoms with Crippen molar-refractivity contribution >= 4 is 15.9 Å². The van der Waals surface area contributed by atoms with Crippen LogP contribution in [0.4, 0.5) is 0 Å². The zero-order valence-electron chi connectivity index (χ0n) is 18.3. The number of piperidine rings is 1. The second kappa shape index (κ2) is 10.2. The summed E-state index contributed by atoms with van der Waals surface area (Å²) in [5, 5.41) is 3.02. The maximum Gasteiger partial charge on any atom is 0.251 e. The van der Waals surface area contributed by atoms with Gasteiger partial charge in [0.05, 0.1) is 18.1 Å². The van der Waals surface area contributed by atoms with Crippen LogP contribution in [0.1, 0.15) is 44.0 Å². The number of nitrogens with one attached hydrogen (secondary N) is 1. The molecule has 2 fully saturated rings. The van der Waals surface area contributed by atoms with Crippen LogP contribution in [-0.4, -0.2) is 75.5 Å². The van der Waals surface area contributed by atoms with Crippen molar-refractivity contribution in [2.24, 2.45) is 11.8 Å². The minimum Gasteiger partial charge on any atom is -0.379 e. The molecular formula is C22H35N3O4S. The van der Waals surface area contributed by atoms with Crippen LogP contribution in [0.3, 0.4) is 0 Å². The fourth-order valence-electron chi connectivity index (χ4n) is 4.29. The third kappa shape index (κ3) is 5.60. The molecule has 0 aromatic heterocycles. The summed E-state index contributed by atoms with van der Waals surface area (Å²) < 4.78 is 32.8. The lowest BCUT2D eigenvalue weighted by Crippen LogP contribution is -2.51. The number of nitrogens with zero attached hydrogens (tertiary/aromatic N) is 2. The Morgan fingerprint density at radius 3 is 2.43 bits per heavy atom. The number of carbonyl (C=O) groups excluding carboxylic acids is 1. The number of hydrogen-bond donors (Lipinski definition) is 1. The predicted octanol–water partition coefficient (Wildman–Crippen LogP) is 2.19. The van der Waals surface area contributed by atoms with Gasteiger partial charge in [0.15, 0.2) is 0 Å². The average molecular weight is 438 g/mol. The summed E-state index contributed by atoms with van der Waals surface area (Å²) in [6.07, 6.45) is 1.95. The number of sulfonamides is 1. The summed E-state index contributed by atoms with van der Waals surface area (Å²) in [7, 11) is -3.51. The molecule has 0 spiro atoms. The van der Waals surface area contributed by atoms with Crippen molar-refractivity contribution in [3.8, 4) is 0 Å². The van der Waals surface area contributed by atoms with E-state index in [0.29, 0.717) is 37.0 Å². The van der Waals surface area contributed by atoms with Gasteiger partial charge in [0.25, 0.3) is 5.91 Å². The smallest absolute Gasteiger partial charge is 0.251 e. The van der Waals surface area contributed by atoms with Crippen molar-refractivity contribution in [1.29, 1.82) is 0 Å². The van der Waals surface area contributed by atoms with Gasteiger partial charge in [0.1, 0.15) is 0 Å². The maximum absolute atomic E-state index is 12.9. The molecule has 2 heterocycles. The van der Waals surface area contributed by atoms with E-state index in [2.05, 4.69) is 31.0 Å². The van der Waals surface area contributed by atoms with Crippen LogP contribution in [0.25, 0.3) is 0 Å².